The first-order valence-electron chi connectivity index (χ1n) is 7.66. The van der Waals surface area contributed by atoms with E-state index >= 15 is 0 Å². The Balaban J connectivity index is 1.61. The zero-order chi connectivity index (χ0) is 13.5. The van der Waals surface area contributed by atoms with E-state index in [9.17, 15) is 4.79 Å². The van der Waals surface area contributed by atoms with Gasteiger partial charge in [-0.1, -0.05) is 12.8 Å². The van der Waals surface area contributed by atoms with Gasteiger partial charge in [0.2, 0.25) is 0 Å². The highest BCUT2D eigenvalue weighted by Crippen LogP contribution is 2.34. The molecular formula is C14H21N5O. The van der Waals surface area contributed by atoms with Gasteiger partial charge in [-0.2, -0.15) is 4.98 Å². The number of fused-ring (bicyclic) bond motifs is 3. The summed E-state index contributed by atoms with van der Waals surface area (Å²) in [6.07, 6.45) is 10.2. The molecule has 0 aromatic carbocycles. The van der Waals surface area contributed by atoms with Crippen molar-refractivity contribution in [3.05, 3.63) is 22.9 Å². The molecule has 1 aromatic rings. The van der Waals surface area contributed by atoms with Crippen molar-refractivity contribution in [1.82, 2.24) is 20.2 Å². The van der Waals surface area contributed by atoms with Gasteiger partial charge in [-0.05, 0) is 19.3 Å². The average Bonchev–Trinajstić information content (AvgIpc) is 2.87. The third kappa shape index (κ3) is 1.94. The maximum Gasteiger partial charge on any atom is 0.345 e. The van der Waals surface area contributed by atoms with Crippen LogP contribution in [0.5, 0.6) is 0 Å². The van der Waals surface area contributed by atoms with Gasteiger partial charge < -0.3 is 9.88 Å². The molecule has 3 heterocycles. The van der Waals surface area contributed by atoms with E-state index < -0.39 is 0 Å². The number of hydrogen-bond acceptors (Lipinski definition) is 5. The van der Waals surface area contributed by atoms with E-state index in [-0.39, 0.29) is 12.0 Å². The second kappa shape index (κ2) is 4.86. The Hall–Kier alpha value is -1.40. The normalized spacial score (nSPS) is 33.8. The summed E-state index contributed by atoms with van der Waals surface area (Å²) in [5.41, 5.74) is 0.723. The minimum absolute atomic E-state index is 0.268. The molecule has 4 rings (SSSR count). The van der Waals surface area contributed by atoms with Crippen LogP contribution in [0.3, 0.4) is 0 Å². The lowest BCUT2D eigenvalue weighted by molar-refractivity contribution is 0.137. The summed E-state index contributed by atoms with van der Waals surface area (Å²) in [4.78, 5) is 22.6. The number of aromatic amines is 1. The quantitative estimate of drug-likeness (QED) is 0.780. The third-order valence-corrected chi connectivity index (χ3v) is 4.93. The number of rotatable bonds is 1. The molecule has 0 radical (unpaired) electrons. The molecule has 108 valence electrons. The Labute approximate surface area is 118 Å². The Morgan fingerprint density at radius 3 is 2.95 bits per heavy atom. The number of H-pyrrole nitrogens is 1. The van der Waals surface area contributed by atoms with Gasteiger partial charge in [0.15, 0.2) is 0 Å². The van der Waals surface area contributed by atoms with E-state index in [1.807, 2.05) is 0 Å². The molecule has 0 bridgehead atoms. The molecule has 6 heteroatoms. The molecule has 2 saturated heterocycles. The zero-order valence-electron chi connectivity index (χ0n) is 11.6. The lowest BCUT2D eigenvalue weighted by atomic mass is 9.91. The van der Waals surface area contributed by atoms with Crippen LogP contribution < -0.4 is 15.9 Å². The largest absolute Gasteiger partial charge is 0.345 e. The molecule has 3 fully saturated rings. The molecule has 1 saturated carbocycles. The second-order valence-corrected chi connectivity index (χ2v) is 6.06. The monoisotopic (exact) mass is 275 g/mol. The molecule has 0 spiro atoms. The summed E-state index contributed by atoms with van der Waals surface area (Å²) in [6.45, 7) is 2.19. The fourth-order valence-corrected chi connectivity index (χ4v) is 4.04. The predicted octanol–water partition coefficient (Wildman–Crippen LogP) is 0.480. The van der Waals surface area contributed by atoms with Crippen LogP contribution >= 0.6 is 0 Å². The van der Waals surface area contributed by atoms with Gasteiger partial charge in [0.05, 0.1) is 11.9 Å². The number of nitrogens with one attached hydrogen (secondary N) is 2. The minimum Gasteiger partial charge on any atom is -0.341 e. The van der Waals surface area contributed by atoms with Gasteiger partial charge in [-0.25, -0.2) is 4.79 Å². The second-order valence-electron chi connectivity index (χ2n) is 6.06. The van der Waals surface area contributed by atoms with Crippen molar-refractivity contribution in [2.24, 2.45) is 0 Å². The SMILES string of the molecule is O=c1ncc(N2CCCN3C4CCCCC4NC23)c[nH]1. The Kier molecular flexibility index (Phi) is 3.00. The molecule has 3 atom stereocenters. The van der Waals surface area contributed by atoms with Crippen molar-refractivity contribution in [2.45, 2.75) is 50.5 Å². The van der Waals surface area contributed by atoms with Crippen LogP contribution in [-0.2, 0) is 0 Å². The Bertz CT molecular complexity index is 524. The van der Waals surface area contributed by atoms with E-state index in [4.69, 9.17) is 0 Å². The average molecular weight is 275 g/mol. The van der Waals surface area contributed by atoms with E-state index in [0.29, 0.717) is 12.1 Å². The summed E-state index contributed by atoms with van der Waals surface area (Å²) < 4.78 is 0. The highest BCUT2D eigenvalue weighted by atomic mass is 16.1. The molecule has 2 N–H and O–H groups in total. The van der Waals surface area contributed by atoms with Gasteiger partial charge in [-0.3, -0.25) is 10.2 Å². The van der Waals surface area contributed by atoms with Crippen molar-refractivity contribution in [3.8, 4) is 0 Å². The van der Waals surface area contributed by atoms with Crippen LogP contribution in [0.4, 0.5) is 5.69 Å². The van der Waals surface area contributed by atoms with Gasteiger partial charge in [-0.15, -0.1) is 0 Å². The Morgan fingerprint density at radius 2 is 2.10 bits per heavy atom. The molecule has 2 aliphatic heterocycles. The van der Waals surface area contributed by atoms with Gasteiger partial charge in [0.25, 0.3) is 0 Å². The van der Waals surface area contributed by atoms with E-state index in [2.05, 4.69) is 25.1 Å². The third-order valence-electron chi connectivity index (χ3n) is 4.93. The first-order valence-corrected chi connectivity index (χ1v) is 7.66. The van der Waals surface area contributed by atoms with Gasteiger partial charge in [0, 0.05) is 31.4 Å². The fourth-order valence-electron chi connectivity index (χ4n) is 4.04. The van der Waals surface area contributed by atoms with Gasteiger partial charge >= 0.3 is 5.69 Å². The summed E-state index contributed by atoms with van der Waals surface area (Å²) in [5.74, 6) is 0. The standard InChI is InChI=1S/C14H21N5O/c20-13-15-8-10(9-16-13)18-6-3-7-19-12-5-2-1-4-11(12)17-14(18)19/h8-9,11-12,14,17H,1-7H2,(H,15,16,20). The van der Waals surface area contributed by atoms with Crippen molar-refractivity contribution < 1.29 is 0 Å². The predicted molar refractivity (Wildman–Crippen MR) is 76.5 cm³/mol. The topological polar surface area (TPSA) is 64.3 Å². The maximum atomic E-state index is 11.1. The number of nitrogens with zero attached hydrogens (tertiary/aromatic N) is 3. The Morgan fingerprint density at radius 1 is 1.20 bits per heavy atom. The maximum absolute atomic E-state index is 11.1. The van der Waals surface area contributed by atoms with Crippen LogP contribution in [0.25, 0.3) is 0 Å². The lowest BCUT2D eigenvalue weighted by Gasteiger charge is -2.42. The van der Waals surface area contributed by atoms with Crippen LogP contribution in [0, 0.1) is 0 Å². The minimum atomic E-state index is -0.282. The zero-order valence-corrected chi connectivity index (χ0v) is 11.6. The van der Waals surface area contributed by atoms with E-state index in [1.165, 1.54) is 38.6 Å². The molecule has 1 aliphatic carbocycles. The highest BCUT2D eigenvalue weighted by Gasteiger charge is 2.45. The van der Waals surface area contributed by atoms with Crippen molar-refractivity contribution in [1.29, 1.82) is 0 Å². The number of hydrogen-bond donors (Lipinski definition) is 2. The lowest BCUT2D eigenvalue weighted by Crippen LogP contribution is -2.56. The number of anilines is 1. The summed E-state index contributed by atoms with van der Waals surface area (Å²) in [5, 5.41) is 3.79. The van der Waals surface area contributed by atoms with Crippen molar-refractivity contribution >= 4 is 5.69 Å². The molecule has 6 nitrogen and oxygen atoms in total. The van der Waals surface area contributed by atoms with Crippen LogP contribution in [0.1, 0.15) is 32.1 Å². The summed E-state index contributed by atoms with van der Waals surface area (Å²) >= 11 is 0. The highest BCUT2D eigenvalue weighted by molar-refractivity contribution is 5.43. The van der Waals surface area contributed by atoms with Crippen molar-refractivity contribution in [2.75, 3.05) is 18.0 Å². The fraction of sp³-hybridized carbons (Fsp3) is 0.714. The molecule has 3 aliphatic rings. The summed E-state index contributed by atoms with van der Waals surface area (Å²) in [6, 6.07) is 1.32. The van der Waals surface area contributed by atoms with Crippen LogP contribution in [0.2, 0.25) is 0 Å². The molecule has 0 amide bonds. The van der Waals surface area contributed by atoms with Crippen molar-refractivity contribution in [3.63, 3.8) is 0 Å². The smallest absolute Gasteiger partial charge is 0.341 e. The molecule has 1 aromatic heterocycles. The van der Waals surface area contributed by atoms with E-state index in [1.54, 1.807) is 12.4 Å². The molecular weight excluding hydrogens is 254 g/mol. The first-order chi connectivity index (χ1) is 9.83. The molecule has 20 heavy (non-hydrogen) atoms. The number of aromatic nitrogens is 2. The van der Waals surface area contributed by atoms with Crippen LogP contribution in [0.15, 0.2) is 17.2 Å². The summed E-state index contributed by atoms with van der Waals surface area (Å²) in [7, 11) is 0. The molecule has 3 unspecified atom stereocenters. The first kappa shape index (κ1) is 12.3. The van der Waals surface area contributed by atoms with Gasteiger partial charge in [0.1, 0.15) is 6.29 Å². The van der Waals surface area contributed by atoms with E-state index in [0.717, 1.165) is 12.2 Å². The van der Waals surface area contributed by atoms with Crippen LogP contribution in [-0.4, -0.2) is 46.3 Å².